The molecule has 2 heterocycles. The van der Waals surface area contributed by atoms with Crippen molar-refractivity contribution in [2.75, 3.05) is 11.9 Å². The molecule has 0 spiro atoms. The van der Waals surface area contributed by atoms with Crippen LogP contribution in [-0.4, -0.2) is 33.1 Å². The van der Waals surface area contributed by atoms with Crippen molar-refractivity contribution in [2.24, 2.45) is 7.05 Å². The fraction of sp³-hybridized carbons (Fsp3) is 0.200. The van der Waals surface area contributed by atoms with E-state index >= 15 is 0 Å². The second-order valence-corrected chi connectivity index (χ2v) is 7.83. The summed E-state index contributed by atoms with van der Waals surface area (Å²) in [5.41, 5.74) is 6.06. The monoisotopic (exact) mass is 427 g/mol. The standard InChI is InChI=1S/C25H25N5O2/c1-15-9-8-10-16(2)23(15)28-21(31)14-26-25(32)19-13-20(18-11-6-5-7-12-18)27-24-22(19)17(3)29-30(24)4/h5-13H,14H2,1-4H3,(H,26,32)(H,28,31). The maximum Gasteiger partial charge on any atom is 0.252 e. The highest BCUT2D eigenvalue weighted by molar-refractivity contribution is 6.08. The van der Waals surface area contributed by atoms with Crippen molar-refractivity contribution in [3.8, 4) is 11.3 Å². The number of fused-ring (bicyclic) bond motifs is 1. The molecule has 0 aliphatic carbocycles. The highest BCUT2D eigenvalue weighted by atomic mass is 16.2. The number of carbonyl (C=O) groups excluding carboxylic acids is 2. The predicted molar refractivity (Wildman–Crippen MR) is 126 cm³/mol. The lowest BCUT2D eigenvalue weighted by Crippen LogP contribution is -2.33. The third kappa shape index (κ3) is 4.09. The second-order valence-electron chi connectivity index (χ2n) is 7.83. The van der Waals surface area contributed by atoms with Gasteiger partial charge in [0.05, 0.1) is 28.9 Å². The largest absolute Gasteiger partial charge is 0.343 e. The number of para-hydroxylation sites is 1. The second kappa shape index (κ2) is 8.63. The van der Waals surface area contributed by atoms with E-state index < -0.39 is 0 Å². The van der Waals surface area contributed by atoms with E-state index in [0.717, 1.165) is 22.4 Å². The molecule has 0 saturated carbocycles. The van der Waals surface area contributed by atoms with Crippen LogP contribution < -0.4 is 10.6 Å². The summed E-state index contributed by atoms with van der Waals surface area (Å²) in [6.45, 7) is 5.57. The van der Waals surface area contributed by atoms with Crippen molar-refractivity contribution in [1.29, 1.82) is 0 Å². The summed E-state index contributed by atoms with van der Waals surface area (Å²) < 4.78 is 1.67. The quantitative estimate of drug-likeness (QED) is 0.505. The van der Waals surface area contributed by atoms with Crippen LogP contribution in [0, 0.1) is 20.8 Å². The zero-order chi connectivity index (χ0) is 22.8. The molecule has 2 aromatic carbocycles. The number of benzene rings is 2. The molecule has 162 valence electrons. The number of hydrogen-bond acceptors (Lipinski definition) is 4. The smallest absolute Gasteiger partial charge is 0.252 e. The maximum absolute atomic E-state index is 13.1. The molecule has 0 saturated heterocycles. The number of aryl methyl sites for hydroxylation is 4. The molecule has 0 fully saturated rings. The summed E-state index contributed by atoms with van der Waals surface area (Å²) in [4.78, 5) is 30.4. The summed E-state index contributed by atoms with van der Waals surface area (Å²) in [5, 5.41) is 10.8. The molecule has 2 amide bonds. The molecule has 0 atom stereocenters. The van der Waals surface area contributed by atoms with Gasteiger partial charge in [0, 0.05) is 18.3 Å². The molecule has 7 heteroatoms. The number of rotatable bonds is 5. The predicted octanol–water partition coefficient (Wildman–Crippen LogP) is 3.93. The van der Waals surface area contributed by atoms with Crippen LogP contribution in [0.4, 0.5) is 5.69 Å². The van der Waals surface area contributed by atoms with Crippen LogP contribution >= 0.6 is 0 Å². The molecule has 32 heavy (non-hydrogen) atoms. The minimum Gasteiger partial charge on any atom is -0.343 e. The molecule has 0 radical (unpaired) electrons. The lowest BCUT2D eigenvalue weighted by Gasteiger charge is -2.12. The minimum atomic E-state index is -0.345. The normalized spacial score (nSPS) is 10.9. The van der Waals surface area contributed by atoms with Crippen molar-refractivity contribution in [3.63, 3.8) is 0 Å². The topological polar surface area (TPSA) is 88.9 Å². The van der Waals surface area contributed by atoms with Crippen LogP contribution in [0.2, 0.25) is 0 Å². The van der Waals surface area contributed by atoms with E-state index in [1.54, 1.807) is 17.8 Å². The fourth-order valence-electron chi connectivity index (χ4n) is 3.83. The van der Waals surface area contributed by atoms with Crippen LogP contribution in [0.3, 0.4) is 0 Å². The van der Waals surface area contributed by atoms with E-state index in [4.69, 9.17) is 4.98 Å². The first-order valence-corrected chi connectivity index (χ1v) is 10.4. The average molecular weight is 428 g/mol. The van der Waals surface area contributed by atoms with Crippen LogP contribution in [-0.2, 0) is 11.8 Å². The average Bonchev–Trinajstić information content (AvgIpc) is 3.08. The molecule has 2 aromatic heterocycles. The third-order valence-corrected chi connectivity index (χ3v) is 5.44. The van der Waals surface area contributed by atoms with Crippen LogP contribution in [0.1, 0.15) is 27.2 Å². The number of amides is 2. The van der Waals surface area contributed by atoms with Crippen LogP contribution in [0.15, 0.2) is 54.6 Å². The lowest BCUT2D eigenvalue weighted by molar-refractivity contribution is -0.115. The third-order valence-electron chi connectivity index (χ3n) is 5.44. The zero-order valence-electron chi connectivity index (χ0n) is 18.6. The molecular formula is C25H25N5O2. The molecule has 4 rings (SSSR count). The maximum atomic E-state index is 13.1. The number of aromatic nitrogens is 3. The molecular weight excluding hydrogens is 402 g/mol. The number of pyridine rings is 1. The Bertz CT molecular complexity index is 1310. The Morgan fingerprint density at radius 1 is 0.969 bits per heavy atom. The van der Waals surface area contributed by atoms with Gasteiger partial charge in [0.2, 0.25) is 5.91 Å². The van der Waals surface area contributed by atoms with Gasteiger partial charge in [-0.05, 0) is 38.0 Å². The molecule has 2 N–H and O–H groups in total. The highest BCUT2D eigenvalue weighted by Gasteiger charge is 2.20. The van der Waals surface area contributed by atoms with Gasteiger partial charge in [-0.3, -0.25) is 14.3 Å². The summed E-state index contributed by atoms with van der Waals surface area (Å²) in [6, 6.07) is 17.2. The number of nitrogens with zero attached hydrogens (tertiary/aromatic N) is 3. The van der Waals surface area contributed by atoms with Gasteiger partial charge in [0.25, 0.3) is 5.91 Å². The van der Waals surface area contributed by atoms with Gasteiger partial charge in [-0.25, -0.2) is 4.98 Å². The first-order chi connectivity index (χ1) is 15.3. The van der Waals surface area contributed by atoms with Crippen molar-refractivity contribution < 1.29 is 9.59 Å². The Morgan fingerprint density at radius 3 is 2.34 bits per heavy atom. The van der Waals surface area contributed by atoms with Gasteiger partial charge < -0.3 is 10.6 Å². The summed E-state index contributed by atoms with van der Waals surface area (Å²) >= 11 is 0. The first-order valence-electron chi connectivity index (χ1n) is 10.4. The van der Waals surface area contributed by atoms with Gasteiger partial charge in [0.15, 0.2) is 5.65 Å². The minimum absolute atomic E-state index is 0.142. The van der Waals surface area contributed by atoms with E-state index in [0.29, 0.717) is 28.0 Å². The number of anilines is 1. The van der Waals surface area contributed by atoms with E-state index in [1.807, 2.05) is 69.3 Å². The number of nitrogens with one attached hydrogen (secondary N) is 2. The van der Waals surface area contributed by atoms with Crippen LogP contribution in [0.5, 0.6) is 0 Å². The van der Waals surface area contributed by atoms with E-state index in [2.05, 4.69) is 15.7 Å². The molecule has 4 aromatic rings. The summed E-state index contributed by atoms with van der Waals surface area (Å²) in [5.74, 6) is -0.630. The molecule has 7 nitrogen and oxygen atoms in total. The van der Waals surface area contributed by atoms with Crippen molar-refractivity contribution in [1.82, 2.24) is 20.1 Å². The first kappa shape index (κ1) is 21.2. The van der Waals surface area contributed by atoms with Gasteiger partial charge in [-0.2, -0.15) is 5.10 Å². The summed E-state index contributed by atoms with van der Waals surface area (Å²) in [6.07, 6.45) is 0. The zero-order valence-corrected chi connectivity index (χ0v) is 18.6. The van der Waals surface area contributed by atoms with Crippen LogP contribution in [0.25, 0.3) is 22.3 Å². The van der Waals surface area contributed by atoms with Crippen molar-refractivity contribution >= 4 is 28.5 Å². The SMILES string of the molecule is Cc1cccc(C)c1NC(=O)CNC(=O)c1cc(-c2ccccc2)nc2c1c(C)nn2C. The molecule has 0 unspecified atom stereocenters. The van der Waals surface area contributed by atoms with Crippen molar-refractivity contribution in [3.05, 3.63) is 77.0 Å². The molecule has 0 aliphatic rings. The lowest BCUT2D eigenvalue weighted by atomic mass is 10.0. The highest BCUT2D eigenvalue weighted by Crippen LogP contribution is 2.26. The van der Waals surface area contributed by atoms with E-state index in [1.165, 1.54) is 0 Å². The van der Waals surface area contributed by atoms with E-state index in [9.17, 15) is 9.59 Å². The Kier molecular flexibility index (Phi) is 5.73. The number of hydrogen-bond donors (Lipinski definition) is 2. The molecule has 0 bridgehead atoms. The van der Waals surface area contributed by atoms with Gasteiger partial charge in [-0.1, -0.05) is 48.5 Å². The molecule has 0 aliphatic heterocycles. The Hall–Kier alpha value is -4.00. The Morgan fingerprint density at radius 2 is 1.66 bits per heavy atom. The summed E-state index contributed by atoms with van der Waals surface area (Å²) in [7, 11) is 1.80. The Labute approximate surface area is 186 Å². The number of carbonyl (C=O) groups is 2. The fourth-order valence-corrected chi connectivity index (χ4v) is 3.83. The van der Waals surface area contributed by atoms with Crippen molar-refractivity contribution in [2.45, 2.75) is 20.8 Å². The van der Waals surface area contributed by atoms with E-state index in [-0.39, 0.29) is 18.4 Å². The van der Waals surface area contributed by atoms with Gasteiger partial charge >= 0.3 is 0 Å². The Balaban J connectivity index is 1.61. The van der Waals surface area contributed by atoms with Gasteiger partial charge in [-0.15, -0.1) is 0 Å². The van der Waals surface area contributed by atoms with Gasteiger partial charge in [0.1, 0.15) is 0 Å².